The Morgan fingerprint density at radius 1 is 0.892 bits per heavy atom. The largest absolute Gasteiger partial charge is 0.493 e. The summed E-state index contributed by atoms with van der Waals surface area (Å²) in [5.41, 5.74) is 4.92. The maximum absolute atomic E-state index is 11.9. The molecule has 0 aromatic heterocycles. The molecule has 0 saturated heterocycles. The predicted octanol–water partition coefficient (Wildman–Crippen LogP) is 8.08. The van der Waals surface area contributed by atoms with Crippen LogP contribution in [0.4, 0.5) is 0 Å². The van der Waals surface area contributed by atoms with Gasteiger partial charge in [-0.2, -0.15) is 0 Å². The normalized spacial score (nSPS) is 12.1. The van der Waals surface area contributed by atoms with E-state index in [1.54, 1.807) is 20.1 Å². The van der Waals surface area contributed by atoms with E-state index in [9.17, 15) is 4.79 Å². The van der Waals surface area contributed by atoms with Gasteiger partial charge in [-0.25, -0.2) is 4.79 Å². The van der Waals surface area contributed by atoms with E-state index >= 15 is 0 Å². The lowest BCUT2D eigenvalue weighted by molar-refractivity contribution is -0.137. The van der Waals surface area contributed by atoms with Crippen molar-refractivity contribution in [2.75, 3.05) is 27.1 Å². The van der Waals surface area contributed by atoms with Crippen LogP contribution in [-0.2, 0) is 25.1 Å². The molecule has 37 heavy (non-hydrogen) atoms. The van der Waals surface area contributed by atoms with Gasteiger partial charge < -0.3 is 18.9 Å². The molecule has 0 radical (unpaired) electrons. The van der Waals surface area contributed by atoms with E-state index in [2.05, 4.69) is 60.6 Å². The lowest BCUT2D eigenvalue weighted by Gasteiger charge is -2.30. The second-order valence-electron chi connectivity index (χ2n) is 11.3. The Kier molecular flexibility index (Phi) is 11.2. The number of benzene rings is 2. The maximum atomic E-state index is 11.9. The first-order valence-corrected chi connectivity index (χ1v) is 13.3. The van der Waals surface area contributed by atoms with E-state index in [1.165, 1.54) is 11.6 Å². The Bertz CT molecular complexity index is 1050. The number of ether oxygens (including phenoxy) is 4. The van der Waals surface area contributed by atoms with Gasteiger partial charge >= 0.3 is 5.97 Å². The molecule has 5 heteroatoms. The minimum atomic E-state index is -0.367. The first kappa shape index (κ1) is 30.4. The minimum Gasteiger partial charge on any atom is -0.493 e. The monoisotopic (exact) mass is 510 g/mol. The molecule has 0 aliphatic carbocycles. The fourth-order valence-electron chi connectivity index (χ4n) is 3.97. The van der Waals surface area contributed by atoms with Crippen molar-refractivity contribution in [2.24, 2.45) is 0 Å². The predicted molar refractivity (Wildman–Crippen MR) is 152 cm³/mol. The molecule has 0 amide bonds. The third-order valence-electron chi connectivity index (χ3n) is 6.08. The van der Waals surface area contributed by atoms with Crippen molar-refractivity contribution in [1.29, 1.82) is 0 Å². The van der Waals surface area contributed by atoms with Crippen molar-refractivity contribution >= 4 is 12.0 Å². The SMILES string of the molecule is CCCCCOc1c(-c2cc(/C=C/C(=O)OCC)ccc2OCOC)cc(C(C)(C)C)cc1C(C)(C)C. The zero-order valence-electron chi connectivity index (χ0n) is 24.3. The van der Waals surface area contributed by atoms with E-state index in [1.807, 2.05) is 18.2 Å². The van der Waals surface area contributed by atoms with Crippen LogP contribution in [0.1, 0.15) is 91.3 Å². The molecule has 0 heterocycles. The second kappa shape index (κ2) is 13.7. The average molecular weight is 511 g/mol. The van der Waals surface area contributed by atoms with Gasteiger partial charge in [0, 0.05) is 29.9 Å². The maximum Gasteiger partial charge on any atom is 0.330 e. The van der Waals surface area contributed by atoms with Crippen LogP contribution in [0.5, 0.6) is 11.5 Å². The molecule has 0 bridgehead atoms. The first-order valence-electron chi connectivity index (χ1n) is 13.3. The zero-order chi connectivity index (χ0) is 27.6. The van der Waals surface area contributed by atoms with Gasteiger partial charge in [-0.15, -0.1) is 0 Å². The molecule has 0 unspecified atom stereocenters. The van der Waals surface area contributed by atoms with Crippen molar-refractivity contribution in [2.45, 2.75) is 85.5 Å². The molecule has 0 aliphatic heterocycles. The van der Waals surface area contributed by atoms with Crippen molar-refractivity contribution in [3.63, 3.8) is 0 Å². The second-order valence-corrected chi connectivity index (χ2v) is 11.3. The molecule has 5 nitrogen and oxygen atoms in total. The van der Waals surface area contributed by atoms with Gasteiger partial charge in [-0.05, 0) is 59.6 Å². The fraction of sp³-hybridized carbons (Fsp3) is 0.531. The van der Waals surface area contributed by atoms with Gasteiger partial charge in [-0.3, -0.25) is 0 Å². The number of unbranched alkanes of at least 4 members (excludes halogenated alkanes) is 2. The van der Waals surface area contributed by atoms with E-state index in [-0.39, 0.29) is 23.6 Å². The van der Waals surface area contributed by atoms with Gasteiger partial charge in [0.25, 0.3) is 0 Å². The molecule has 2 rings (SSSR count). The number of carbonyl (C=O) groups excluding carboxylic acids is 1. The molecule has 2 aromatic carbocycles. The summed E-state index contributed by atoms with van der Waals surface area (Å²) in [5.74, 6) is 1.21. The Morgan fingerprint density at radius 3 is 2.22 bits per heavy atom. The summed E-state index contributed by atoms with van der Waals surface area (Å²) in [6.45, 7) is 18.4. The minimum absolute atomic E-state index is 0.0650. The molecule has 2 aromatic rings. The number of hydrogen-bond donors (Lipinski definition) is 0. The molecule has 0 aliphatic rings. The first-order chi connectivity index (χ1) is 17.4. The molecule has 0 fully saturated rings. The Labute approximate surface area is 224 Å². The van der Waals surface area contributed by atoms with Crippen LogP contribution in [-0.4, -0.2) is 33.1 Å². The molecular formula is C32H46O5. The molecular weight excluding hydrogens is 464 g/mol. The highest BCUT2D eigenvalue weighted by Gasteiger charge is 2.28. The number of methoxy groups -OCH3 is 1. The van der Waals surface area contributed by atoms with E-state index < -0.39 is 0 Å². The third kappa shape index (κ3) is 8.92. The van der Waals surface area contributed by atoms with Crippen LogP contribution in [0.2, 0.25) is 0 Å². The summed E-state index contributed by atoms with van der Waals surface area (Å²) in [6, 6.07) is 10.4. The molecule has 0 saturated carbocycles. The number of esters is 1. The fourth-order valence-corrected chi connectivity index (χ4v) is 3.97. The molecule has 0 atom stereocenters. The van der Waals surface area contributed by atoms with Crippen molar-refractivity contribution < 1.29 is 23.7 Å². The standard InChI is InChI=1S/C32H46O5/c1-10-12-13-18-36-30-26(20-24(31(3,4)5)21-27(30)32(6,7)8)25-19-23(15-17-29(33)35-11-2)14-16-28(25)37-22-34-9/h14-17,19-21H,10-13,18,22H2,1-9H3/b17-15+. The highest BCUT2D eigenvalue weighted by atomic mass is 16.7. The zero-order valence-corrected chi connectivity index (χ0v) is 24.3. The lowest BCUT2D eigenvalue weighted by Crippen LogP contribution is -2.19. The molecule has 204 valence electrons. The summed E-state index contributed by atoms with van der Waals surface area (Å²) in [5, 5.41) is 0. The van der Waals surface area contributed by atoms with Crippen LogP contribution in [0.3, 0.4) is 0 Å². The summed E-state index contributed by atoms with van der Waals surface area (Å²) in [6.07, 6.45) is 6.47. The van der Waals surface area contributed by atoms with Crippen LogP contribution < -0.4 is 9.47 Å². The van der Waals surface area contributed by atoms with Crippen molar-refractivity contribution in [3.8, 4) is 22.6 Å². The van der Waals surface area contributed by atoms with Gasteiger partial charge in [0.1, 0.15) is 11.5 Å². The van der Waals surface area contributed by atoms with Crippen LogP contribution in [0, 0.1) is 0 Å². The van der Waals surface area contributed by atoms with Crippen LogP contribution in [0.25, 0.3) is 17.2 Å². The summed E-state index contributed by atoms with van der Waals surface area (Å²) < 4.78 is 22.9. The van der Waals surface area contributed by atoms with Gasteiger partial charge in [0.05, 0.1) is 13.2 Å². The Balaban J connectivity index is 2.81. The number of rotatable bonds is 12. The highest BCUT2D eigenvalue weighted by molar-refractivity contribution is 5.88. The van der Waals surface area contributed by atoms with Crippen LogP contribution in [0.15, 0.2) is 36.4 Å². The average Bonchev–Trinajstić information content (AvgIpc) is 2.83. The van der Waals surface area contributed by atoms with Gasteiger partial charge in [0.15, 0.2) is 6.79 Å². The van der Waals surface area contributed by atoms with Crippen molar-refractivity contribution in [1.82, 2.24) is 0 Å². The van der Waals surface area contributed by atoms with E-state index in [0.717, 1.165) is 47.3 Å². The van der Waals surface area contributed by atoms with Gasteiger partial charge in [-0.1, -0.05) is 73.4 Å². The Morgan fingerprint density at radius 2 is 1.62 bits per heavy atom. The molecule has 0 spiro atoms. The third-order valence-corrected chi connectivity index (χ3v) is 6.08. The summed E-state index contributed by atoms with van der Waals surface area (Å²) >= 11 is 0. The quantitative estimate of drug-likeness (QED) is 0.125. The van der Waals surface area contributed by atoms with Gasteiger partial charge in [0.2, 0.25) is 0 Å². The smallest absolute Gasteiger partial charge is 0.330 e. The van der Waals surface area contributed by atoms with Crippen LogP contribution >= 0.6 is 0 Å². The van der Waals surface area contributed by atoms with E-state index in [0.29, 0.717) is 19.0 Å². The molecule has 0 N–H and O–H groups in total. The van der Waals surface area contributed by atoms with Crippen molar-refractivity contribution in [3.05, 3.63) is 53.1 Å². The highest BCUT2D eigenvalue weighted by Crippen LogP contribution is 2.45. The van der Waals surface area contributed by atoms with E-state index in [4.69, 9.17) is 18.9 Å². The number of carbonyl (C=O) groups is 1. The number of hydrogen-bond acceptors (Lipinski definition) is 5. The Hall–Kier alpha value is -2.79. The topological polar surface area (TPSA) is 54.0 Å². The summed E-state index contributed by atoms with van der Waals surface area (Å²) in [7, 11) is 1.61. The lowest BCUT2D eigenvalue weighted by atomic mass is 9.78. The summed E-state index contributed by atoms with van der Waals surface area (Å²) in [4.78, 5) is 11.9.